The fourth-order valence-corrected chi connectivity index (χ4v) is 4.12. The molecule has 0 aromatic carbocycles. The minimum absolute atomic E-state index is 0.298. The molecule has 0 atom stereocenters. The third kappa shape index (κ3) is 7.15. The highest BCUT2D eigenvalue weighted by atomic mass is 32.1. The number of amides is 2. The number of nitrogens with zero attached hydrogens (tertiary/aromatic N) is 3. The Morgan fingerprint density at radius 1 is 1.30 bits per heavy atom. The van der Waals surface area contributed by atoms with E-state index >= 15 is 0 Å². The van der Waals surface area contributed by atoms with Gasteiger partial charge in [0.2, 0.25) is 11.8 Å². The Bertz CT molecular complexity index is 944. The zero-order chi connectivity index (χ0) is 24.4. The number of ether oxygens (including phenoxy) is 2. The molecule has 2 amide bonds. The molecule has 0 unspecified atom stereocenters. The van der Waals surface area contributed by atoms with Crippen molar-refractivity contribution in [2.24, 2.45) is 4.99 Å². The van der Waals surface area contributed by atoms with Gasteiger partial charge < -0.3 is 14.8 Å². The Hall–Kier alpha value is -2.68. The molecule has 1 aromatic heterocycles. The second-order valence-corrected chi connectivity index (χ2v) is 8.30. The third-order valence-electron chi connectivity index (χ3n) is 5.77. The maximum absolute atomic E-state index is 11.8. The quantitative estimate of drug-likeness (QED) is 0.302. The van der Waals surface area contributed by atoms with Crippen molar-refractivity contribution >= 4 is 24.7 Å². The first-order valence-corrected chi connectivity index (χ1v) is 11.8. The van der Waals surface area contributed by atoms with Crippen molar-refractivity contribution < 1.29 is 14.3 Å². The average Bonchev–Trinajstić information content (AvgIpc) is 3.51. The maximum atomic E-state index is 11.8. The predicted molar refractivity (Wildman–Crippen MR) is 136 cm³/mol. The molecule has 0 fully saturated rings. The van der Waals surface area contributed by atoms with Crippen molar-refractivity contribution in [2.75, 3.05) is 21.3 Å². The Balaban J connectivity index is 0.000000321. The number of methoxy groups -OCH3 is 2. The zero-order valence-corrected chi connectivity index (χ0v) is 21.5. The molecule has 0 aliphatic heterocycles. The number of carbonyl (C=O) groups is 1. The van der Waals surface area contributed by atoms with Crippen molar-refractivity contribution in [3.8, 4) is 5.88 Å². The summed E-state index contributed by atoms with van der Waals surface area (Å²) in [5.41, 5.74) is 6.07. The highest BCUT2D eigenvalue weighted by molar-refractivity contribution is 7.78. The van der Waals surface area contributed by atoms with Gasteiger partial charge in [-0.1, -0.05) is 25.3 Å². The van der Waals surface area contributed by atoms with Crippen molar-refractivity contribution in [3.05, 3.63) is 46.3 Å². The Morgan fingerprint density at radius 3 is 2.58 bits per heavy atom. The highest BCUT2D eigenvalue weighted by Gasteiger charge is 2.27. The molecule has 0 bridgehead atoms. The number of nitrogens with one attached hydrogen (secondary N) is 2. The van der Waals surface area contributed by atoms with Crippen LogP contribution < -0.4 is 14.8 Å². The minimum Gasteiger partial charge on any atom is -0.481 e. The Labute approximate surface area is 202 Å². The van der Waals surface area contributed by atoms with Gasteiger partial charge in [-0.3, -0.25) is 14.4 Å². The fraction of sp³-hybridized carbons (Fsp3) is 0.542. The van der Waals surface area contributed by atoms with Gasteiger partial charge in [0.05, 0.1) is 14.2 Å². The molecule has 0 spiro atoms. The lowest BCUT2D eigenvalue weighted by Gasteiger charge is -2.25. The number of thiol groups is 1. The lowest BCUT2D eigenvalue weighted by molar-refractivity contribution is 0.249. The van der Waals surface area contributed by atoms with E-state index in [1.807, 2.05) is 23.0 Å². The van der Waals surface area contributed by atoms with Gasteiger partial charge in [-0.25, -0.2) is 4.79 Å². The molecular formula is C24H37N5O3S. The number of hydrogen-bond acceptors (Lipinski definition) is 6. The molecule has 0 radical (unpaired) electrons. The molecule has 182 valence electrons. The summed E-state index contributed by atoms with van der Waals surface area (Å²) in [5.74, 6) is 1.27. The number of carbonyl (C=O) groups excluding carboxylic acids is 1. The van der Waals surface area contributed by atoms with E-state index in [-0.39, 0.29) is 6.03 Å². The van der Waals surface area contributed by atoms with Crippen LogP contribution in [0.5, 0.6) is 5.88 Å². The number of hydrogen-bond donors (Lipinski definition) is 3. The lowest BCUT2D eigenvalue weighted by Crippen LogP contribution is -2.32. The second-order valence-electron chi connectivity index (χ2n) is 8.08. The number of aromatic nitrogens is 2. The molecule has 8 nitrogen and oxygen atoms in total. The van der Waals surface area contributed by atoms with E-state index in [1.165, 1.54) is 16.7 Å². The van der Waals surface area contributed by atoms with E-state index in [0.29, 0.717) is 17.8 Å². The first kappa shape index (κ1) is 26.6. The Kier molecular flexibility index (Phi) is 10.6. The van der Waals surface area contributed by atoms with Crippen LogP contribution in [0, 0.1) is 0 Å². The largest absolute Gasteiger partial charge is 0.481 e. The summed E-state index contributed by atoms with van der Waals surface area (Å²) in [5, 5.41) is 7.11. The van der Waals surface area contributed by atoms with E-state index in [1.54, 1.807) is 21.3 Å². The van der Waals surface area contributed by atoms with E-state index in [9.17, 15) is 4.79 Å². The van der Waals surface area contributed by atoms with Crippen LogP contribution in [-0.4, -0.2) is 43.0 Å². The number of urea groups is 1. The van der Waals surface area contributed by atoms with Crippen molar-refractivity contribution in [3.63, 3.8) is 0 Å². The lowest BCUT2D eigenvalue weighted by atomic mass is 9.86. The normalized spacial score (nSPS) is 16.4. The van der Waals surface area contributed by atoms with Crippen LogP contribution in [-0.2, 0) is 4.74 Å². The molecule has 0 saturated carbocycles. The standard InChI is InChI=1S/C17H25N3O2S.C7H12N2O/c1-4-11(10-15(18-2)22-3)14-9-8-12-6-5-7-13(12)16(14)19-17(21)20-23;1-6(2)9-5-4-7(8-9)10-3/h10,23H,4-9H2,1-3H3,(H2,19,20,21);4-6H,1-3H3/b11-10+,18-15?;. The van der Waals surface area contributed by atoms with Crippen LogP contribution in [0.2, 0.25) is 0 Å². The summed E-state index contributed by atoms with van der Waals surface area (Å²) in [6.45, 7) is 6.26. The van der Waals surface area contributed by atoms with Gasteiger partial charge in [0.25, 0.3) is 0 Å². The highest BCUT2D eigenvalue weighted by Crippen LogP contribution is 2.41. The molecule has 2 aliphatic rings. The monoisotopic (exact) mass is 475 g/mol. The number of allylic oxidation sites excluding steroid dienone is 4. The molecule has 1 heterocycles. The van der Waals surface area contributed by atoms with Crippen LogP contribution in [0.4, 0.5) is 4.79 Å². The summed E-state index contributed by atoms with van der Waals surface area (Å²) >= 11 is 3.85. The van der Waals surface area contributed by atoms with Gasteiger partial charge in [0, 0.05) is 37.1 Å². The third-order valence-corrected chi connectivity index (χ3v) is 5.97. The SMILES string of the molecule is CC/C(=C\C(=NC)OC)C1=C(NC(=O)NS)C2=C(CCC2)CC1.COc1ccn(C(C)C)n1. The van der Waals surface area contributed by atoms with Gasteiger partial charge in [0.1, 0.15) is 0 Å². The molecule has 2 aliphatic carbocycles. The summed E-state index contributed by atoms with van der Waals surface area (Å²) < 4.78 is 14.4. The molecule has 0 saturated heterocycles. The summed E-state index contributed by atoms with van der Waals surface area (Å²) in [6.07, 6.45) is 10.1. The number of rotatable bonds is 6. The van der Waals surface area contributed by atoms with Gasteiger partial charge in [-0.15, -0.1) is 5.10 Å². The maximum Gasteiger partial charge on any atom is 0.329 e. The smallest absolute Gasteiger partial charge is 0.329 e. The van der Waals surface area contributed by atoms with Gasteiger partial charge in [-0.05, 0) is 69.1 Å². The van der Waals surface area contributed by atoms with Crippen LogP contribution in [0.3, 0.4) is 0 Å². The molecule has 1 aromatic rings. The van der Waals surface area contributed by atoms with Crippen LogP contribution in [0.1, 0.15) is 65.3 Å². The van der Waals surface area contributed by atoms with Crippen LogP contribution >= 0.6 is 12.8 Å². The summed E-state index contributed by atoms with van der Waals surface area (Å²) in [4.78, 5) is 16.0. The van der Waals surface area contributed by atoms with Crippen LogP contribution in [0.25, 0.3) is 0 Å². The Morgan fingerprint density at radius 2 is 2.06 bits per heavy atom. The molecular weight excluding hydrogens is 438 g/mol. The van der Waals surface area contributed by atoms with E-state index in [0.717, 1.165) is 49.8 Å². The van der Waals surface area contributed by atoms with Crippen LogP contribution in [0.15, 0.2) is 51.3 Å². The van der Waals surface area contributed by atoms with E-state index in [2.05, 4.69) is 53.7 Å². The summed E-state index contributed by atoms with van der Waals surface area (Å²) in [6, 6.07) is 1.96. The fourth-order valence-electron chi connectivity index (χ4n) is 4.06. The van der Waals surface area contributed by atoms with Gasteiger partial charge in [-0.2, -0.15) is 0 Å². The first-order valence-electron chi connectivity index (χ1n) is 11.3. The predicted octanol–water partition coefficient (Wildman–Crippen LogP) is 5.14. The molecule has 33 heavy (non-hydrogen) atoms. The molecule has 3 rings (SSSR count). The molecule has 2 N–H and O–H groups in total. The van der Waals surface area contributed by atoms with Gasteiger partial charge in [0.15, 0.2) is 0 Å². The van der Waals surface area contributed by atoms with E-state index in [4.69, 9.17) is 9.47 Å². The van der Waals surface area contributed by atoms with Crippen molar-refractivity contribution in [1.29, 1.82) is 0 Å². The van der Waals surface area contributed by atoms with E-state index < -0.39 is 0 Å². The number of aliphatic imine (C=N–C) groups is 1. The zero-order valence-electron chi connectivity index (χ0n) is 20.6. The first-order chi connectivity index (χ1) is 15.9. The summed E-state index contributed by atoms with van der Waals surface area (Å²) in [7, 11) is 4.95. The average molecular weight is 476 g/mol. The van der Waals surface area contributed by atoms with Crippen molar-refractivity contribution in [1.82, 2.24) is 19.8 Å². The second kappa shape index (κ2) is 13.1. The minimum atomic E-state index is -0.298. The molecule has 9 heteroatoms. The van der Waals surface area contributed by atoms with Gasteiger partial charge >= 0.3 is 6.03 Å². The topological polar surface area (TPSA) is 89.8 Å². The van der Waals surface area contributed by atoms with Crippen molar-refractivity contribution in [2.45, 2.75) is 65.3 Å².